The highest BCUT2D eigenvalue weighted by Gasteiger charge is 2.33. The summed E-state index contributed by atoms with van der Waals surface area (Å²) in [5.41, 5.74) is 2.52. The Morgan fingerprint density at radius 3 is 1.93 bits per heavy atom. The Kier molecular flexibility index (Phi) is 5.62. The van der Waals surface area contributed by atoms with Crippen LogP contribution in [-0.4, -0.2) is 43.0 Å². The van der Waals surface area contributed by atoms with Crippen molar-refractivity contribution >= 4 is 40.9 Å². The molecule has 28 heavy (non-hydrogen) atoms. The minimum absolute atomic E-state index is 0.0526. The van der Waals surface area contributed by atoms with Crippen LogP contribution in [0.3, 0.4) is 0 Å². The second-order valence-electron chi connectivity index (χ2n) is 6.24. The van der Waals surface area contributed by atoms with Crippen molar-refractivity contribution in [3.63, 3.8) is 0 Å². The highest BCUT2D eigenvalue weighted by molar-refractivity contribution is 6.02. The minimum Gasteiger partial charge on any atom is -0.378 e. The number of benzene rings is 2. The molecule has 8 nitrogen and oxygen atoms in total. The average molecular weight is 378 g/mol. The Balaban J connectivity index is 1.63. The third-order valence-electron chi connectivity index (χ3n) is 4.01. The van der Waals surface area contributed by atoms with E-state index in [0.29, 0.717) is 10.8 Å². The van der Waals surface area contributed by atoms with Gasteiger partial charge >= 0.3 is 5.97 Å². The zero-order chi connectivity index (χ0) is 20.1. The molecule has 0 unspecified atom stereocenters. The lowest BCUT2D eigenvalue weighted by atomic mass is 10.2. The maximum atomic E-state index is 12.0. The predicted octanol–water partition coefficient (Wildman–Crippen LogP) is 3.11. The summed E-state index contributed by atoms with van der Waals surface area (Å²) in [5.74, 6) is -1.82. The Labute approximate surface area is 161 Å². The fourth-order valence-corrected chi connectivity index (χ4v) is 2.43. The second kappa shape index (κ2) is 8.28. The Bertz CT molecular complexity index is 943. The Hall–Kier alpha value is -3.77. The lowest BCUT2D eigenvalue weighted by molar-refractivity contribution is -0.172. The fourth-order valence-electron chi connectivity index (χ4n) is 2.43. The van der Waals surface area contributed by atoms with E-state index in [4.69, 9.17) is 4.84 Å². The van der Waals surface area contributed by atoms with Gasteiger partial charge in [0.2, 0.25) is 0 Å². The van der Waals surface area contributed by atoms with E-state index >= 15 is 0 Å². The van der Waals surface area contributed by atoms with Gasteiger partial charge in [-0.1, -0.05) is 0 Å². The number of hydrogen-bond acceptors (Lipinski definition) is 7. The number of anilines is 1. The van der Waals surface area contributed by atoms with E-state index < -0.39 is 17.8 Å². The first-order valence-electron chi connectivity index (χ1n) is 8.56. The molecule has 2 aromatic rings. The fraction of sp³-hybridized carbons (Fsp3) is 0.200. The third-order valence-corrected chi connectivity index (χ3v) is 4.01. The van der Waals surface area contributed by atoms with Crippen molar-refractivity contribution in [3.05, 3.63) is 54.1 Å². The molecule has 0 atom stereocenters. The summed E-state index contributed by atoms with van der Waals surface area (Å²) in [4.78, 5) is 50.1. The lowest BCUT2D eigenvalue weighted by Crippen LogP contribution is -2.32. The van der Waals surface area contributed by atoms with E-state index in [9.17, 15) is 14.4 Å². The second-order valence-corrected chi connectivity index (χ2v) is 6.24. The lowest BCUT2D eigenvalue weighted by Gasteiger charge is -2.12. The quantitative estimate of drug-likeness (QED) is 0.589. The molecule has 1 fully saturated rings. The summed E-state index contributed by atoms with van der Waals surface area (Å²) in [6, 6.07) is 16.4. The van der Waals surface area contributed by atoms with Crippen LogP contribution in [0.5, 0.6) is 0 Å². The number of amides is 2. The van der Waals surface area contributed by atoms with E-state index in [1.807, 2.05) is 43.3 Å². The van der Waals surface area contributed by atoms with Gasteiger partial charge in [-0.2, -0.15) is 9.98 Å². The predicted molar refractivity (Wildman–Crippen MR) is 103 cm³/mol. The molecule has 1 saturated heterocycles. The van der Waals surface area contributed by atoms with Crippen LogP contribution in [-0.2, 0) is 14.4 Å². The molecular formula is C20H18N4O4. The zero-order valence-electron chi connectivity index (χ0n) is 15.5. The molecule has 0 N–H and O–H groups in total. The standard InChI is InChI=1S/C20H18N4O4/c1-23(2)17-9-7-16(8-10-17)22-13-21-15-5-3-14(4-6-15)20(27)28-24-18(25)11-12-19(24)26/h3-10H,11-12H2,1-2H3. The smallest absolute Gasteiger partial charge is 0.363 e. The van der Waals surface area contributed by atoms with Crippen molar-refractivity contribution in [1.29, 1.82) is 0 Å². The van der Waals surface area contributed by atoms with E-state index in [1.54, 1.807) is 12.1 Å². The van der Waals surface area contributed by atoms with Crippen LogP contribution >= 0.6 is 0 Å². The molecule has 0 aliphatic carbocycles. The highest BCUT2D eigenvalue weighted by Crippen LogP contribution is 2.19. The Morgan fingerprint density at radius 2 is 1.43 bits per heavy atom. The van der Waals surface area contributed by atoms with Gasteiger partial charge in [-0.05, 0) is 48.5 Å². The van der Waals surface area contributed by atoms with Gasteiger partial charge in [-0.15, -0.1) is 5.06 Å². The summed E-state index contributed by atoms with van der Waals surface area (Å²) in [6.45, 7) is 0. The monoisotopic (exact) mass is 378 g/mol. The highest BCUT2D eigenvalue weighted by atomic mass is 16.7. The van der Waals surface area contributed by atoms with Gasteiger partial charge in [0, 0.05) is 32.6 Å². The molecule has 0 radical (unpaired) electrons. The van der Waals surface area contributed by atoms with Gasteiger partial charge in [0.25, 0.3) is 11.8 Å². The molecule has 3 rings (SSSR count). The van der Waals surface area contributed by atoms with Gasteiger partial charge in [-0.25, -0.2) is 4.79 Å². The molecule has 2 aromatic carbocycles. The van der Waals surface area contributed by atoms with E-state index in [-0.39, 0.29) is 18.4 Å². The first-order chi connectivity index (χ1) is 13.4. The van der Waals surface area contributed by atoms with Crippen molar-refractivity contribution in [1.82, 2.24) is 5.06 Å². The van der Waals surface area contributed by atoms with E-state index in [1.165, 1.54) is 12.1 Å². The van der Waals surface area contributed by atoms with Gasteiger partial charge < -0.3 is 9.74 Å². The average Bonchev–Trinajstić information content (AvgIpc) is 3.01. The number of imide groups is 1. The molecule has 1 heterocycles. The summed E-state index contributed by atoms with van der Waals surface area (Å²) in [7, 11) is 3.92. The van der Waals surface area contributed by atoms with Crippen LogP contribution in [0.4, 0.5) is 17.1 Å². The molecule has 0 spiro atoms. The first kappa shape index (κ1) is 19.0. The number of rotatable bonds is 5. The van der Waals surface area contributed by atoms with Crippen molar-refractivity contribution in [2.45, 2.75) is 12.8 Å². The van der Waals surface area contributed by atoms with Gasteiger partial charge in [0.05, 0.1) is 16.9 Å². The van der Waals surface area contributed by atoms with E-state index in [0.717, 1.165) is 11.4 Å². The number of hydrogen-bond donors (Lipinski definition) is 0. The summed E-state index contributed by atoms with van der Waals surface area (Å²) >= 11 is 0. The third kappa shape index (κ3) is 4.49. The molecule has 1 aliphatic rings. The van der Waals surface area contributed by atoms with E-state index in [2.05, 4.69) is 16.0 Å². The number of carbonyl (C=O) groups is 3. The minimum atomic E-state index is -0.784. The summed E-state index contributed by atoms with van der Waals surface area (Å²) in [5, 5.41) is 0.516. The van der Waals surface area contributed by atoms with Crippen molar-refractivity contribution in [2.75, 3.05) is 19.0 Å². The normalized spacial score (nSPS) is 13.1. The van der Waals surface area contributed by atoms with Crippen LogP contribution in [0.25, 0.3) is 0 Å². The van der Waals surface area contributed by atoms with Crippen molar-refractivity contribution in [2.24, 2.45) is 9.98 Å². The van der Waals surface area contributed by atoms with Crippen LogP contribution in [0, 0.1) is 0 Å². The number of hydroxylamine groups is 2. The van der Waals surface area contributed by atoms with Crippen LogP contribution in [0.2, 0.25) is 0 Å². The molecule has 8 heteroatoms. The molecule has 0 saturated carbocycles. The summed E-state index contributed by atoms with van der Waals surface area (Å²) in [6.07, 6.45) is 0.105. The molecule has 142 valence electrons. The molecular weight excluding hydrogens is 360 g/mol. The molecule has 1 aliphatic heterocycles. The molecule has 0 bridgehead atoms. The SMILES string of the molecule is CN(C)c1ccc(N=C=Nc2ccc(C(=O)ON3C(=O)CCC3=O)cc2)cc1. The Morgan fingerprint density at radius 1 is 0.929 bits per heavy atom. The first-order valence-corrected chi connectivity index (χ1v) is 8.56. The number of nitrogens with zero attached hydrogens (tertiary/aromatic N) is 4. The van der Waals surface area contributed by atoms with Crippen LogP contribution < -0.4 is 4.90 Å². The van der Waals surface area contributed by atoms with Crippen LogP contribution in [0.1, 0.15) is 23.2 Å². The topological polar surface area (TPSA) is 91.6 Å². The maximum absolute atomic E-state index is 12.0. The zero-order valence-corrected chi connectivity index (χ0v) is 15.5. The van der Waals surface area contributed by atoms with Gasteiger partial charge in [-0.3, -0.25) is 9.59 Å². The molecule has 2 amide bonds. The van der Waals surface area contributed by atoms with Gasteiger partial charge in [0.1, 0.15) is 6.01 Å². The maximum Gasteiger partial charge on any atom is 0.363 e. The largest absolute Gasteiger partial charge is 0.378 e. The number of aliphatic imine (C=N–C) groups is 2. The van der Waals surface area contributed by atoms with Crippen molar-refractivity contribution in [3.8, 4) is 0 Å². The number of carbonyl (C=O) groups excluding carboxylic acids is 3. The van der Waals surface area contributed by atoms with Crippen molar-refractivity contribution < 1.29 is 19.2 Å². The van der Waals surface area contributed by atoms with Gasteiger partial charge in [0.15, 0.2) is 0 Å². The summed E-state index contributed by atoms with van der Waals surface area (Å²) < 4.78 is 0. The van der Waals surface area contributed by atoms with Crippen LogP contribution in [0.15, 0.2) is 58.5 Å². The molecule has 0 aromatic heterocycles.